The van der Waals surface area contributed by atoms with Crippen LogP contribution < -0.4 is 0 Å². The van der Waals surface area contributed by atoms with Crippen LogP contribution >= 0.6 is 0 Å². The second-order valence-corrected chi connectivity index (χ2v) is 3.22. The van der Waals surface area contributed by atoms with Gasteiger partial charge in [0, 0.05) is 0 Å². The van der Waals surface area contributed by atoms with E-state index >= 15 is 0 Å². The lowest BCUT2D eigenvalue weighted by Gasteiger charge is -1.79. The van der Waals surface area contributed by atoms with Gasteiger partial charge in [0.25, 0.3) is 0 Å². The fourth-order valence-corrected chi connectivity index (χ4v) is 0.738. The summed E-state index contributed by atoms with van der Waals surface area (Å²) in [5.74, 6) is 0. The quantitative estimate of drug-likeness (QED) is 0.599. The molecule has 0 saturated heterocycles. The van der Waals surface area contributed by atoms with Crippen LogP contribution in [-0.2, 0) is 0 Å². The van der Waals surface area contributed by atoms with Crippen LogP contribution in [0.3, 0.4) is 0 Å². The van der Waals surface area contributed by atoms with E-state index in [0.29, 0.717) is 0 Å². The van der Waals surface area contributed by atoms with Crippen molar-refractivity contribution >= 4 is 0 Å². The number of hydrogen-bond acceptors (Lipinski definition) is 0. The third-order valence-corrected chi connectivity index (χ3v) is 1.37. The van der Waals surface area contributed by atoms with E-state index in [1.54, 1.807) is 0 Å². The van der Waals surface area contributed by atoms with Crippen molar-refractivity contribution in [1.29, 1.82) is 0 Å². The van der Waals surface area contributed by atoms with Crippen molar-refractivity contribution in [3.05, 3.63) is 36.4 Å². The maximum absolute atomic E-state index is 2.21. The first kappa shape index (κ1) is 15.7. The smallest absolute Gasteiger partial charge is 0.0538 e. The largest absolute Gasteiger partial charge is 0.0656 e. The number of unbranched alkanes of at least 4 members (excludes halogenated alkanes) is 2. The lowest BCUT2D eigenvalue weighted by Crippen LogP contribution is -1.59. The molecule has 0 saturated carbocycles. The topological polar surface area (TPSA) is 0 Å². The van der Waals surface area contributed by atoms with Crippen molar-refractivity contribution in [3.63, 3.8) is 0 Å². The molecule has 0 heterocycles. The molecule has 0 N–H and O–H groups in total. The molecule has 0 unspecified atom stereocenters. The van der Waals surface area contributed by atoms with Gasteiger partial charge in [-0.3, -0.25) is 0 Å². The maximum Gasteiger partial charge on any atom is -0.0538 e. The average molecular weight is 194 g/mol. The summed E-state index contributed by atoms with van der Waals surface area (Å²) in [6.45, 7) is 8.67. The highest BCUT2D eigenvalue weighted by molar-refractivity contribution is 4.99. The predicted molar refractivity (Wildman–Crippen MR) is 67.6 cm³/mol. The van der Waals surface area contributed by atoms with Gasteiger partial charge in [-0.2, -0.15) is 0 Å². The molecule has 0 radical (unpaired) electrons. The van der Waals surface area contributed by atoms with E-state index in [1.165, 1.54) is 25.7 Å². The first-order valence-electron chi connectivity index (χ1n) is 5.83. The summed E-state index contributed by atoms with van der Waals surface area (Å²) in [7, 11) is 0. The molecule has 0 heteroatoms. The highest BCUT2D eigenvalue weighted by atomic mass is 13.7. The maximum atomic E-state index is 2.21. The van der Waals surface area contributed by atoms with Gasteiger partial charge in [-0.05, 0) is 0 Å². The zero-order valence-corrected chi connectivity index (χ0v) is 10.3. The van der Waals surface area contributed by atoms with Gasteiger partial charge >= 0.3 is 0 Å². The molecule has 0 amide bonds. The molecule has 0 aliphatic heterocycles. The van der Waals surface area contributed by atoms with Crippen molar-refractivity contribution < 1.29 is 0 Å². The molecular weight excluding hydrogens is 168 g/mol. The lowest BCUT2D eigenvalue weighted by molar-refractivity contribution is 0.772. The Bertz CT molecular complexity index is 115. The fraction of sp³-hybridized carbons (Fsp3) is 0.571. The van der Waals surface area contributed by atoms with Gasteiger partial charge in [0.15, 0.2) is 0 Å². The average Bonchev–Trinajstić information content (AvgIpc) is 2.24. The molecule has 0 aromatic heterocycles. The van der Waals surface area contributed by atoms with Gasteiger partial charge in [-0.25, -0.2) is 0 Å². The van der Waals surface area contributed by atoms with E-state index in [4.69, 9.17) is 0 Å². The third kappa shape index (κ3) is 22.5. The summed E-state index contributed by atoms with van der Waals surface area (Å²) in [6.07, 6.45) is 5.33. The normalized spacial score (nSPS) is 7.71. The Balaban J connectivity index is 0. The van der Waals surface area contributed by atoms with Crippen molar-refractivity contribution in [2.75, 3.05) is 0 Å². The lowest BCUT2D eigenvalue weighted by atomic mass is 10.3. The van der Waals surface area contributed by atoms with Crippen molar-refractivity contribution in [3.8, 4) is 0 Å². The predicted octanol–water partition coefficient (Wildman–Crippen LogP) is 5.30. The molecule has 0 aliphatic rings. The zero-order valence-electron chi connectivity index (χ0n) is 10.3. The van der Waals surface area contributed by atoms with Crippen LogP contribution in [0.15, 0.2) is 36.4 Å². The Morgan fingerprint density at radius 2 is 0.786 bits per heavy atom. The Hall–Kier alpha value is -0.780. The first-order chi connectivity index (χ1) is 6.83. The molecular formula is C14H26. The van der Waals surface area contributed by atoms with Crippen molar-refractivity contribution in [2.24, 2.45) is 0 Å². The summed E-state index contributed by atoms with van der Waals surface area (Å²) in [5.41, 5.74) is 0. The van der Waals surface area contributed by atoms with E-state index in [1.807, 2.05) is 36.4 Å². The molecule has 0 fully saturated rings. The van der Waals surface area contributed by atoms with Crippen LogP contribution in [0.1, 0.15) is 53.4 Å². The van der Waals surface area contributed by atoms with Crippen molar-refractivity contribution in [1.82, 2.24) is 0 Å². The van der Waals surface area contributed by atoms with Crippen LogP contribution in [0, 0.1) is 0 Å². The van der Waals surface area contributed by atoms with Gasteiger partial charge in [-0.1, -0.05) is 89.8 Å². The van der Waals surface area contributed by atoms with Gasteiger partial charge in [0.05, 0.1) is 0 Å². The SMILES string of the molecule is CCC.CCCCC.c1ccccc1. The number of rotatable bonds is 2. The standard InChI is InChI=1S/C6H6.C5H12.C3H8/c1-2-4-6-5-3-1;1-3-5-4-2;1-3-2/h1-6H;3-5H2,1-2H3;3H2,1-2H3. The van der Waals surface area contributed by atoms with E-state index in [-0.39, 0.29) is 0 Å². The number of benzene rings is 1. The van der Waals surface area contributed by atoms with E-state index in [2.05, 4.69) is 27.7 Å². The summed E-state index contributed by atoms with van der Waals surface area (Å²) in [4.78, 5) is 0. The minimum absolute atomic E-state index is 1.25. The van der Waals surface area contributed by atoms with Crippen molar-refractivity contribution in [2.45, 2.75) is 53.4 Å². The van der Waals surface area contributed by atoms with E-state index < -0.39 is 0 Å². The summed E-state index contributed by atoms with van der Waals surface area (Å²) < 4.78 is 0. The molecule has 0 nitrogen and oxygen atoms in total. The second kappa shape index (κ2) is 18.1. The Kier molecular flexibility index (Phi) is 20.3. The van der Waals surface area contributed by atoms with Gasteiger partial charge in [0.1, 0.15) is 0 Å². The summed E-state index contributed by atoms with van der Waals surface area (Å²) >= 11 is 0. The summed E-state index contributed by atoms with van der Waals surface area (Å²) in [6, 6.07) is 12.0. The Labute approximate surface area is 90.4 Å². The van der Waals surface area contributed by atoms with Crippen LogP contribution in [0.2, 0.25) is 0 Å². The molecule has 1 aromatic carbocycles. The molecule has 0 atom stereocenters. The van der Waals surface area contributed by atoms with Crippen LogP contribution in [0.5, 0.6) is 0 Å². The molecule has 1 aromatic rings. The van der Waals surface area contributed by atoms with E-state index in [9.17, 15) is 0 Å². The molecule has 82 valence electrons. The third-order valence-electron chi connectivity index (χ3n) is 1.37. The minimum atomic E-state index is 1.25. The Morgan fingerprint density at radius 3 is 0.857 bits per heavy atom. The van der Waals surface area contributed by atoms with Crippen LogP contribution in [0.25, 0.3) is 0 Å². The highest BCUT2D eigenvalue weighted by Crippen LogP contribution is 1.88. The van der Waals surface area contributed by atoms with Crippen LogP contribution in [0.4, 0.5) is 0 Å². The monoisotopic (exact) mass is 194 g/mol. The molecule has 14 heavy (non-hydrogen) atoms. The Morgan fingerprint density at radius 1 is 0.571 bits per heavy atom. The van der Waals surface area contributed by atoms with Gasteiger partial charge in [-0.15, -0.1) is 0 Å². The van der Waals surface area contributed by atoms with E-state index in [0.717, 1.165) is 0 Å². The molecule has 0 spiro atoms. The first-order valence-corrected chi connectivity index (χ1v) is 5.83. The zero-order chi connectivity index (χ0) is 11.1. The van der Waals surface area contributed by atoms with Gasteiger partial charge in [0.2, 0.25) is 0 Å². The number of hydrogen-bond donors (Lipinski definition) is 0. The second-order valence-electron chi connectivity index (χ2n) is 3.22. The van der Waals surface area contributed by atoms with Crippen LogP contribution in [-0.4, -0.2) is 0 Å². The highest BCUT2D eigenvalue weighted by Gasteiger charge is 1.68. The van der Waals surface area contributed by atoms with Gasteiger partial charge < -0.3 is 0 Å². The molecule has 1 rings (SSSR count). The molecule has 0 bridgehead atoms. The molecule has 0 aliphatic carbocycles. The summed E-state index contributed by atoms with van der Waals surface area (Å²) in [5, 5.41) is 0. The minimum Gasteiger partial charge on any atom is -0.0656 e. The fourth-order valence-electron chi connectivity index (χ4n) is 0.738.